The van der Waals surface area contributed by atoms with Gasteiger partial charge in [0.05, 0.1) is 5.69 Å². The molecule has 0 aliphatic rings. The van der Waals surface area contributed by atoms with Gasteiger partial charge in [0.15, 0.2) is 6.61 Å². The Balaban J connectivity index is 1.90. The van der Waals surface area contributed by atoms with Gasteiger partial charge in [0.1, 0.15) is 5.75 Å². The Hall–Kier alpha value is -2.21. The van der Waals surface area contributed by atoms with E-state index in [1.54, 1.807) is 24.3 Å². The van der Waals surface area contributed by atoms with E-state index in [9.17, 15) is 13.6 Å². The van der Waals surface area contributed by atoms with Gasteiger partial charge in [-0.3, -0.25) is 4.79 Å². The maximum Gasteiger partial charge on any atom is 0.262 e. The molecule has 0 saturated carbocycles. The van der Waals surface area contributed by atoms with Crippen LogP contribution in [0.5, 0.6) is 5.75 Å². The summed E-state index contributed by atoms with van der Waals surface area (Å²) in [5.74, 6) is -2.20. The Labute approximate surface area is 118 Å². The van der Waals surface area contributed by atoms with Gasteiger partial charge in [-0.15, -0.1) is 0 Å². The quantitative estimate of drug-likeness (QED) is 0.883. The maximum absolute atomic E-state index is 13.2. The van der Waals surface area contributed by atoms with Crippen LogP contribution in [0.25, 0.3) is 0 Å². The summed E-state index contributed by atoms with van der Waals surface area (Å²) in [6, 6.07) is 8.43. The standard InChI is InChI=1S/C13H9ClF2N2O2/c14-8-1-3-9(4-2-8)20-7-12(19)17-10-5-6-11(15)18-13(10)16/h1-6H,7H2,(H,17,19). The summed E-state index contributed by atoms with van der Waals surface area (Å²) in [4.78, 5) is 14.5. The summed E-state index contributed by atoms with van der Waals surface area (Å²) in [7, 11) is 0. The number of hydrogen-bond donors (Lipinski definition) is 1. The largest absolute Gasteiger partial charge is 0.484 e. The molecule has 1 amide bonds. The van der Waals surface area contributed by atoms with Crippen molar-refractivity contribution in [3.05, 3.63) is 53.3 Å². The lowest BCUT2D eigenvalue weighted by Gasteiger charge is -2.07. The molecule has 1 aromatic carbocycles. The molecule has 1 aromatic heterocycles. The van der Waals surface area contributed by atoms with Crippen LogP contribution in [-0.4, -0.2) is 17.5 Å². The lowest BCUT2D eigenvalue weighted by Crippen LogP contribution is -2.21. The molecule has 2 rings (SSSR count). The fourth-order valence-corrected chi connectivity index (χ4v) is 1.50. The molecule has 0 saturated heterocycles. The molecule has 4 nitrogen and oxygen atoms in total. The molecule has 20 heavy (non-hydrogen) atoms. The molecule has 0 spiro atoms. The van der Waals surface area contributed by atoms with Crippen LogP contribution in [0, 0.1) is 11.9 Å². The lowest BCUT2D eigenvalue weighted by atomic mass is 10.3. The maximum atomic E-state index is 13.2. The van der Waals surface area contributed by atoms with Crippen LogP contribution in [0.1, 0.15) is 0 Å². The van der Waals surface area contributed by atoms with Crippen molar-refractivity contribution in [1.82, 2.24) is 4.98 Å². The first kappa shape index (κ1) is 14.2. The molecular formula is C13H9ClF2N2O2. The number of nitrogens with zero attached hydrogens (tertiary/aromatic N) is 1. The van der Waals surface area contributed by atoms with E-state index in [1.165, 1.54) is 0 Å². The Bertz CT molecular complexity index is 620. The van der Waals surface area contributed by atoms with Crippen LogP contribution in [0.4, 0.5) is 14.5 Å². The first-order valence-corrected chi connectivity index (χ1v) is 5.92. The van der Waals surface area contributed by atoms with Gasteiger partial charge in [0.25, 0.3) is 5.91 Å². The Kier molecular flexibility index (Phi) is 4.47. The van der Waals surface area contributed by atoms with Gasteiger partial charge in [-0.25, -0.2) is 0 Å². The molecule has 1 heterocycles. The molecule has 0 bridgehead atoms. The smallest absolute Gasteiger partial charge is 0.262 e. The summed E-state index contributed by atoms with van der Waals surface area (Å²) >= 11 is 5.70. The van der Waals surface area contributed by atoms with Gasteiger partial charge < -0.3 is 10.1 Å². The van der Waals surface area contributed by atoms with E-state index in [0.29, 0.717) is 10.8 Å². The highest BCUT2D eigenvalue weighted by Gasteiger charge is 2.09. The highest BCUT2D eigenvalue weighted by atomic mass is 35.5. The minimum Gasteiger partial charge on any atom is -0.484 e. The van der Waals surface area contributed by atoms with E-state index in [0.717, 1.165) is 12.1 Å². The number of ether oxygens (including phenoxy) is 1. The summed E-state index contributed by atoms with van der Waals surface area (Å²) in [5.41, 5.74) is -0.212. The number of halogens is 3. The van der Waals surface area contributed by atoms with Crippen LogP contribution >= 0.6 is 11.6 Å². The molecular weight excluding hydrogens is 290 g/mol. The molecule has 0 aliphatic carbocycles. The number of anilines is 1. The number of nitrogens with one attached hydrogen (secondary N) is 1. The fourth-order valence-electron chi connectivity index (χ4n) is 1.37. The van der Waals surface area contributed by atoms with Crippen LogP contribution in [0.15, 0.2) is 36.4 Å². The number of aromatic nitrogens is 1. The van der Waals surface area contributed by atoms with Gasteiger partial charge in [0.2, 0.25) is 11.9 Å². The SMILES string of the molecule is O=C(COc1ccc(Cl)cc1)Nc1ccc(F)nc1F. The number of pyridine rings is 1. The normalized spacial score (nSPS) is 10.2. The predicted octanol–water partition coefficient (Wildman–Crippen LogP) is 3.03. The molecule has 1 N–H and O–H groups in total. The number of carbonyl (C=O) groups is 1. The Morgan fingerprint density at radius 1 is 1.20 bits per heavy atom. The lowest BCUT2D eigenvalue weighted by molar-refractivity contribution is -0.118. The molecule has 0 radical (unpaired) electrons. The zero-order chi connectivity index (χ0) is 14.5. The molecule has 104 valence electrons. The highest BCUT2D eigenvalue weighted by molar-refractivity contribution is 6.30. The number of hydrogen-bond acceptors (Lipinski definition) is 3. The number of benzene rings is 1. The molecule has 0 aliphatic heterocycles. The van der Waals surface area contributed by atoms with Crippen LogP contribution in [0.3, 0.4) is 0 Å². The molecule has 2 aromatic rings. The highest BCUT2D eigenvalue weighted by Crippen LogP contribution is 2.16. The van der Waals surface area contributed by atoms with Crippen molar-refractivity contribution in [2.45, 2.75) is 0 Å². The first-order chi connectivity index (χ1) is 9.54. The van der Waals surface area contributed by atoms with Crippen molar-refractivity contribution in [3.63, 3.8) is 0 Å². The minimum absolute atomic E-state index is 0.212. The molecule has 0 atom stereocenters. The van der Waals surface area contributed by atoms with Crippen molar-refractivity contribution < 1.29 is 18.3 Å². The molecule has 0 unspecified atom stereocenters. The third kappa shape index (κ3) is 3.89. The van der Waals surface area contributed by atoms with Gasteiger partial charge in [-0.2, -0.15) is 13.8 Å². The average Bonchev–Trinajstić information content (AvgIpc) is 2.41. The second-order valence-electron chi connectivity index (χ2n) is 3.76. The first-order valence-electron chi connectivity index (χ1n) is 5.55. The Morgan fingerprint density at radius 2 is 1.90 bits per heavy atom. The monoisotopic (exact) mass is 298 g/mol. The van der Waals surface area contributed by atoms with E-state index in [-0.39, 0.29) is 12.3 Å². The summed E-state index contributed by atoms with van der Waals surface area (Å²) < 4.78 is 31.0. The second kappa shape index (κ2) is 6.29. The zero-order valence-corrected chi connectivity index (χ0v) is 10.8. The van der Waals surface area contributed by atoms with Crippen LogP contribution in [-0.2, 0) is 4.79 Å². The van der Waals surface area contributed by atoms with Gasteiger partial charge in [-0.05, 0) is 36.4 Å². The summed E-state index contributed by atoms with van der Waals surface area (Å²) in [5, 5.41) is 2.77. The zero-order valence-electron chi connectivity index (χ0n) is 10.1. The summed E-state index contributed by atoms with van der Waals surface area (Å²) in [6.07, 6.45) is 0. The molecule has 0 fully saturated rings. The third-order valence-electron chi connectivity index (χ3n) is 2.27. The topological polar surface area (TPSA) is 51.2 Å². The summed E-state index contributed by atoms with van der Waals surface area (Å²) in [6.45, 7) is -0.321. The minimum atomic E-state index is -1.09. The van der Waals surface area contributed by atoms with Crippen LogP contribution in [0.2, 0.25) is 5.02 Å². The van der Waals surface area contributed by atoms with Crippen molar-refractivity contribution in [2.75, 3.05) is 11.9 Å². The molecule has 7 heteroatoms. The van der Waals surface area contributed by atoms with Crippen LogP contribution < -0.4 is 10.1 Å². The average molecular weight is 299 g/mol. The van der Waals surface area contributed by atoms with E-state index in [2.05, 4.69) is 10.3 Å². The van der Waals surface area contributed by atoms with E-state index in [1.807, 2.05) is 0 Å². The predicted molar refractivity (Wildman–Crippen MR) is 69.7 cm³/mol. The van der Waals surface area contributed by atoms with Crippen molar-refractivity contribution in [2.24, 2.45) is 0 Å². The third-order valence-corrected chi connectivity index (χ3v) is 2.52. The van der Waals surface area contributed by atoms with E-state index < -0.39 is 17.8 Å². The number of rotatable bonds is 4. The van der Waals surface area contributed by atoms with E-state index >= 15 is 0 Å². The van der Waals surface area contributed by atoms with Crippen molar-refractivity contribution in [3.8, 4) is 5.75 Å². The van der Waals surface area contributed by atoms with Crippen molar-refractivity contribution >= 4 is 23.2 Å². The second-order valence-corrected chi connectivity index (χ2v) is 4.20. The Morgan fingerprint density at radius 3 is 2.55 bits per heavy atom. The number of amides is 1. The van der Waals surface area contributed by atoms with Gasteiger partial charge in [0, 0.05) is 5.02 Å². The number of carbonyl (C=O) groups excluding carboxylic acids is 1. The van der Waals surface area contributed by atoms with E-state index in [4.69, 9.17) is 16.3 Å². The van der Waals surface area contributed by atoms with Gasteiger partial charge >= 0.3 is 0 Å². The van der Waals surface area contributed by atoms with Gasteiger partial charge in [-0.1, -0.05) is 11.6 Å². The van der Waals surface area contributed by atoms with Crippen molar-refractivity contribution in [1.29, 1.82) is 0 Å². The fraction of sp³-hybridized carbons (Fsp3) is 0.0769.